The molecule has 0 atom stereocenters. The Morgan fingerprint density at radius 2 is 2.27 bits per heavy atom. The lowest BCUT2D eigenvalue weighted by Gasteiger charge is -1.99. The van der Waals surface area contributed by atoms with Gasteiger partial charge in [0.05, 0.1) is 10.4 Å². The van der Waals surface area contributed by atoms with Gasteiger partial charge in [0.25, 0.3) is 0 Å². The lowest BCUT2D eigenvalue weighted by atomic mass is 10.2. The SMILES string of the molecule is CNc1c(C(=O)O)sc2c(Br)cccc12. The summed E-state index contributed by atoms with van der Waals surface area (Å²) in [6.45, 7) is 0. The van der Waals surface area contributed by atoms with Crippen molar-refractivity contribution in [3.05, 3.63) is 27.5 Å². The molecule has 0 unspecified atom stereocenters. The Labute approximate surface area is 98.9 Å². The molecule has 0 aliphatic carbocycles. The van der Waals surface area contributed by atoms with E-state index in [9.17, 15) is 4.79 Å². The molecular formula is C10H8BrNO2S. The zero-order chi connectivity index (χ0) is 11.0. The van der Waals surface area contributed by atoms with Crippen LogP contribution >= 0.6 is 27.3 Å². The van der Waals surface area contributed by atoms with Gasteiger partial charge in [-0.15, -0.1) is 11.3 Å². The number of rotatable bonds is 2. The van der Waals surface area contributed by atoms with Crippen LogP contribution in [-0.2, 0) is 0 Å². The van der Waals surface area contributed by atoms with E-state index in [-0.39, 0.29) is 0 Å². The fourth-order valence-electron chi connectivity index (χ4n) is 1.48. The van der Waals surface area contributed by atoms with Gasteiger partial charge in [0.2, 0.25) is 0 Å². The van der Waals surface area contributed by atoms with Gasteiger partial charge in [-0.1, -0.05) is 12.1 Å². The molecule has 0 aliphatic heterocycles. The highest BCUT2D eigenvalue weighted by Crippen LogP contribution is 2.39. The topological polar surface area (TPSA) is 49.3 Å². The van der Waals surface area contributed by atoms with Gasteiger partial charge < -0.3 is 10.4 Å². The fourth-order valence-corrected chi connectivity index (χ4v) is 3.14. The van der Waals surface area contributed by atoms with Gasteiger partial charge in [0, 0.05) is 16.9 Å². The highest BCUT2D eigenvalue weighted by molar-refractivity contribution is 9.10. The highest BCUT2D eigenvalue weighted by Gasteiger charge is 2.17. The Hall–Kier alpha value is -1.07. The molecule has 1 aromatic heterocycles. The van der Waals surface area contributed by atoms with Crippen molar-refractivity contribution in [2.75, 3.05) is 12.4 Å². The van der Waals surface area contributed by atoms with Gasteiger partial charge in [-0.3, -0.25) is 0 Å². The molecular weight excluding hydrogens is 278 g/mol. The fraction of sp³-hybridized carbons (Fsp3) is 0.100. The van der Waals surface area contributed by atoms with E-state index in [4.69, 9.17) is 5.11 Å². The van der Waals surface area contributed by atoms with Gasteiger partial charge in [-0.05, 0) is 22.0 Å². The maximum Gasteiger partial charge on any atom is 0.348 e. The van der Waals surface area contributed by atoms with Crippen LogP contribution < -0.4 is 5.32 Å². The summed E-state index contributed by atoms with van der Waals surface area (Å²) in [5.74, 6) is -0.896. The largest absolute Gasteiger partial charge is 0.477 e. The van der Waals surface area contributed by atoms with E-state index in [2.05, 4.69) is 21.2 Å². The van der Waals surface area contributed by atoms with Gasteiger partial charge >= 0.3 is 5.97 Å². The molecule has 2 aromatic rings. The van der Waals surface area contributed by atoms with Crippen LogP contribution in [0.5, 0.6) is 0 Å². The number of benzene rings is 1. The zero-order valence-corrected chi connectivity index (χ0v) is 10.3. The van der Waals surface area contributed by atoms with E-state index < -0.39 is 5.97 Å². The first-order valence-corrected chi connectivity index (χ1v) is 5.88. The van der Waals surface area contributed by atoms with Crippen LogP contribution in [0.4, 0.5) is 5.69 Å². The van der Waals surface area contributed by atoms with Crippen LogP contribution in [0, 0.1) is 0 Å². The number of aromatic carboxylic acids is 1. The van der Waals surface area contributed by atoms with Crippen LogP contribution in [0.25, 0.3) is 10.1 Å². The molecule has 0 amide bonds. The highest BCUT2D eigenvalue weighted by atomic mass is 79.9. The van der Waals surface area contributed by atoms with E-state index in [1.54, 1.807) is 7.05 Å². The predicted octanol–water partition coefficient (Wildman–Crippen LogP) is 3.40. The van der Waals surface area contributed by atoms with Crippen molar-refractivity contribution in [1.29, 1.82) is 0 Å². The summed E-state index contributed by atoms with van der Waals surface area (Å²) in [5.41, 5.74) is 0.684. The first-order chi connectivity index (χ1) is 7.15. The third kappa shape index (κ3) is 1.61. The summed E-state index contributed by atoms with van der Waals surface area (Å²) in [7, 11) is 1.73. The first-order valence-electron chi connectivity index (χ1n) is 4.27. The minimum atomic E-state index is -0.896. The second-order valence-corrected chi connectivity index (χ2v) is 4.85. The summed E-state index contributed by atoms with van der Waals surface area (Å²) in [6, 6.07) is 5.71. The molecule has 0 aliphatic rings. The number of fused-ring (bicyclic) bond motifs is 1. The molecule has 2 N–H and O–H groups in total. The Balaban J connectivity index is 2.84. The van der Waals surface area contributed by atoms with Crippen molar-refractivity contribution in [2.45, 2.75) is 0 Å². The number of halogens is 1. The standard InChI is InChI=1S/C10H8BrNO2S/c1-12-7-5-3-2-4-6(11)8(5)15-9(7)10(13)14/h2-4,12H,1H3,(H,13,14). The van der Waals surface area contributed by atoms with Gasteiger partial charge in [0.1, 0.15) is 4.88 Å². The molecule has 5 heteroatoms. The Morgan fingerprint density at radius 1 is 1.53 bits per heavy atom. The Morgan fingerprint density at radius 3 is 2.87 bits per heavy atom. The van der Waals surface area contributed by atoms with Gasteiger partial charge in [-0.25, -0.2) is 4.79 Å². The quantitative estimate of drug-likeness (QED) is 0.889. The van der Waals surface area contributed by atoms with Gasteiger partial charge in [0.15, 0.2) is 0 Å². The molecule has 2 rings (SSSR count). The smallest absolute Gasteiger partial charge is 0.348 e. The van der Waals surface area contributed by atoms with E-state index >= 15 is 0 Å². The predicted molar refractivity (Wildman–Crippen MR) is 66.0 cm³/mol. The third-order valence-corrected chi connectivity index (χ3v) is 4.26. The lowest BCUT2D eigenvalue weighted by Crippen LogP contribution is -1.97. The normalized spacial score (nSPS) is 10.5. The van der Waals surface area contributed by atoms with E-state index in [0.29, 0.717) is 10.6 Å². The van der Waals surface area contributed by atoms with E-state index in [1.807, 2.05) is 18.2 Å². The number of carboxylic acids is 1. The number of hydrogen-bond acceptors (Lipinski definition) is 3. The number of carboxylic acid groups (broad SMARTS) is 1. The summed E-state index contributed by atoms with van der Waals surface area (Å²) >= 11 is 4.69. The molecule has 0 radical (unpaired) electrons. The minimum Gasteiger partial charge on any atom is -0.477 e. The van der Waals surface area contributed by atoms with Crippen LogP contribution in [-0.4, -0.2) is 18.1 Å². The summed E-state index contributed by atoms with van der Waals surface area (Å²) < 4.78 is 1.88. The van der Waals surface area contributed by atoms with Crippen molar-refractivity contribution >= 4 is 49.0 Å². The molecule has 1 heterocycles. The number of carbonyl (C=O) groups is 1. The Kier molecular flexibility index (Phi) is 2.67. The molecule has 0 spiro atoms. The second-order valence-electron chi connectivity index (χ2n) is 2.98. The summed E-state index contributed by atoms with van der Waals surface area (Å²) in [6.07, 6.45) is 0. The third-order valence-electron chi connectivity index (χ3n) is 2.11. The van der Waals surface area contributed by atoms with Crippen molar-refractivity contribution < 1.29 is 9.90 Å². The van der Waals surface area contributed by atoms with Gasteiger partial charge in [-0.2, -0.15) is 0 Å². The Bertz CT molecular complexity index is 535. The maximum atomic E-state index is 11.0. The van der Waals surface area contributed by atoms with E-state index in [1.165, 1.54) is 11.3 Å². The van der Waals surface area contributed by atoms with Crippen molar-refractivity contribution in [1.82, 2.24) is 0 Å². The lowest BCUT2D eigenvalue weighted by molar-refractivity contribution is 0.0703. The zero-order valence-electron chi connectivity index (χ0n) is 7.87. The number of thiophene rings is 1. The van der Waals surface area contributed by atoms with Crippen LogP contribution in [0.3, 0.4) is 0 Å². The number of hydrogen-bond donors (Lipinski definition) is 2. The molecule has 1 aromatic carbocycles. The first kappa shape index (κ1) is 10.4. The molecule has 0 bridgehead atoms. The number of anilines is 1. The van der Waals surface area contributed by atoms with Crippen LogP contribution in [0.2, 0.25) is 0 Å². The minimum absolute atomic E-state index is 0.347. The average molecular weight is 286 g/mol. The molecule has 0 saturated carbocycles. The second kappa shape index (κ2) is 3.83. The van der Waals surface area contributed by atoms with Crippen molar-refractivity contribution in [3.8, 4) is 0 Å². The number of nitrogens with one attached hydrogen (secondary N) is 1. The maximum absolute atomic E-state index is 11.0. The summed E-state index contributed by atoms with van der Waals surface area (Å²) in [4.78, 5) is 11.4. The summed E-state index contributed by atoms with van der Waals surface area (Å²) in [5, 5.41) is 12.9. The van der Waals surface area contributed by atoms with Crippen LogP contribution in [0.1, 0.15) is 9.67 Å². The molecule has 15 heavy (non-hydrogen) atoms. The average Bonchev–Trinajstić information content (AvgIpc) is 2.57. The van der Waals surface area contributed by atoms with Crippen molar-refractivity contribution in [3.63, 3.8) is 0 Å². The van der Waals surface area contributed by atoms with E-state index in [0.717, 1.165) is 14.6 Å². The molecule has 0 saturated heterocycles. The molecule has 3 nitrogen and oxygen atoms in total. The van der Waals surface area contributed by atoms with Crippen LogP contribution in [0.15, 0.2) is 22.7 Å². The molecule has 0 fully saturated rings. The molecule has 78 valence electrons. The van der Waals surface area contributed by atoms with Crippen molar-refractivity contribution in [2.24, 2.45) is 0 Å². The monoisotopic (exact) mass is 285 g/mol.